The number of methoxy groups -OCH3 is 1. The lowest BCUT2D eigenvalue weighted by Gasteiger charge is -1.96. The fraction of sp³-hybridized carbons (Fsp3) is 0.125. The average molecular weight is 314 g/mol. The Labute approximate surface area is 130 Å². The van der Waals surface area contributed by atoms with E-state index in [0.29, 0.717) is 0 Å². The zero-order valence-corrected chi connectivity index (χ0v) is 13.4. The fourth-order valence-electron chi connectivity index (χ4n) is 1.93. The van der Waals surface area contributed by atoms with Crippen molar-refractivity contribution in [3.05, 3.63) is 53.0 Å². The Balaban J connectivity index is 0.000000126. The molecule has 0 aliphatic rings. The molecule has 4 aromatic rings. The summed E-state index contributed by atoms with van der Waals surface area (Å²) >= 11 is 3.32. The van der Waals surface area contributed by atoms with Crippen molar-refractivity contribution in [1.29, 1.82) is 0 Å². The summed E-state index contributed by atoms with van der Waals surface area (Å²) in [6.45, 7) is 2.08. The minimum atomic E-state index is 0.864. The summed E-state index contributed by atoms with van der Waals surface area (Å²) in [7, 11) is 1.66. The summed E-state index contributed by atoms with van der Waals surface area (Å²) in [5.41, 5.74) is 7.12. The van der Waals surface area contributed by atoms with Gasteiger partial charge in [0.2, 0.25) is 0 Å². The molecule has 0 atom stereocenters. The van der Waals surface area contributed by atoms with Crippen molar-refractivity contribution < 1.29 is 4.74 Å². The van der Waals surface area contributed by atoms with E-state index in [2.05, 4.69) is 35.1 Å². The second-order valence-corrected chi connectivity index (χ2v) is 6.28. The highest BCUT2D eigenvalue weighted by Gasteiger charge is 1.96. The Morgan fingerprint density at radius 1 is 0.857 bits per heavy atom. The van der Waals surface area contributed by atoms with Crippen LogP contribution in [0.1, 0.15) is 5.56 Å². The van der Waals surface area contributed by atoms with E-state index in [9.17, 15) is 0 Å². The number of hydrogen-bond acceptors (Lipinski definition) is 5. The van der Waals surface area contributed by atoms with Gasteiger partial charge < -0.3 is 4.74 Å². The first-order valence-corrected chi connectivity index (χ1v) is 8.19. The van der Waals surface area contributed by atoms with E-state index in [-0.39, 0.29) is 0 Å². The Bertz CT molecular complexity index is 867. The molecule has 0 fully saturated rings. The number of thiazole rings is 2. The maximum Gasteiger partial charge on any atom is 0.121 e. The molecule has 0 aliphatic carbocycles. The van der Waals surface area contributed by atoms with Gasteiger partial charge in [0.1, 0.15) is 5.75 Å². The molecule has 0 aliphatic heterocycles. The van der Waals surface area contributed by atoms with Crippen molar-refractivity contribution >= 4 is 43.1 Å². The van der Waals surface area contributed by atoms with Crippen molar-refractivity contribution in [2.45, 2.75) is 6.92 Å². The van der Waals surface area contributed by atoms with Crippen LogP contribution in [0.4, 0.5) is 0 Å². The molecule has 0 bridgehead atoms. The Morgan fingerprint density at radius 3 is 2.14 bits per heavy atom. The molecule has 0 amide bonds. The lowest BCUT2D eigenvalue weighted by Crippen LogP contribution is -1.80. The number of ether oxygens (including phenoxy) is 1. The summed E-state index contributed by atoms with van der Waals surface area (Å²) in [6, 6.07) is 12.2. The third kappa shape index (κ3) is 3.20. The van der Waals surface area contributed by atoms with Crippen LogP contribution in [-0.2, 0) is 0 Å². The highest BCUT2D eigenvalue weighted by Crippen LogP contribution is 2.22. The van der Waals surface area contributed by atoms with E-state index < -0.39 is 0 Å². The number of hydrogen-bond donors (Lipinski definition) is 0. The smallest absolute Gasteiger partial charge is 0.121 e. The van der Waals surface area contributed by atoms with Crippen LogP contribution in [0, 0.1) is 6.92 Å². The molecular formula is C16H14N2OS2. The number of benzene rings is 2. The number of rotatable bonds is 1. The molecule has 2 heterocycles. The topological polar surface area (TPSA) is 35.0 Å². The highest BCUT2D eigenvalue weighted by molar-refractivity contribution is 7.17. The first-order valence-electron chi connectivity index (χ1n) is 6.43. The first kappa shape index (κ1) is 14.0. The molecular weight excluding hydrogens is 300 g/mol. The molecule has 4 rings (SSSR count). The molecule has 0 spiro atoms. The Morgan fingerprint density at radius 2 is 1.48 bits per heavy atom. The zero-order chi connectivity index (χ0) is 14.7. The van der Waals surface area contributed by atoms with Gasteiger partial charge in [0, 0.05) is 6.07 Å². The van der Waals surface area contributed by atoms with Crippen molar-refractivity contribution in [2.75, 3.05) is 7.11 Å². The molecule has 106 valence electrons. The normalized spacial score (nSPS) is 10.4. The van der Waals surface area contributed by atoms with Crippen molar-refractivity contribution in [3.63, 3.8) is 0 Å². The largest absolute Gasteiger partial charge is 0.497 e. The zero-order valence-electron chi connectivity index (χ0n) is 11.7. The van der Waals surface area contributed by atoms with Gasteiger partial charge >= 0.3 is 0 Å². The molecule has 3 nitrogen and oxygen atoms in total. The molecule has 2 aromatic carbocycles. The fourth-order valence-corrected chi connectivity index (χ4v) is 3.25. The Hall–Kier alpha value is -1.98. The molecule has 0 N–H and O–H groups in total. The lowest BCUT2D eigenvalue weighted by molar-refractivity contribution is 0.415. The van der Waals surface area contributed by atoms with Crippen LogP contribution in [0.15, 0.2) is 47.4 Å². The van der Waals surface area contributed by atoms with Crippen molar-refractivity contribution in [1.82, 2.24) is 9.97 Å². The molecule has 0 unspecified atom stereocenters. The summed E-state index contributed by atoms with van der Waals surface area (Å²) in [6.07, 6.45) is 0. The second kappa shape index (κ2) is 6.20. The highest BCUT2D eigenvalue weighted by atomic mass is 32.1. The minimum absolute atomic E-state index is 0.864. The molecule has 0 saturated carbocycles. The van der Waals surface area contributed by atoms with Gasteiger partial charge in [0.15, 0.2) is 0 Å². The number of nitrogens with zero attached hydrogens (tertiary/aromatic N) is 2. The number of aryl methyl sites for hydroxylation is 1. The summed E-state index contributed by atoms with van der Waals surface area (Å²) in [5.74, 6) is 0.864. The summed E-state index contributed by atoms with van der Waals surface area (Å²) < 4.78 is 7.53. The lowest BCUT2D eigenvalue weighted by atomic mass is 10.2. The van der Waals surface area contributed by atoms with E-state index in [1.165, 1.54) is 15.0 Å². The van der Waals surface area contributed by atoms with E-state index in [1.807, 2.05) is 29.2 Å². The molecule has 0 radical (unpaired) electrons. The van der Waals surface area contributed by atoms with Gasteiger partial charge in [-0.3, -0.25) is 0 Å². The minimum Gasteiger partial charge on any atom is -0.497 e. The molecule has 2 aromatic heterocycles. The van der Waals surface area contributed by atoms with Gasteiger partial charge in [-0.15, -0.1) is 22.7 Å². The summed E-state index contributed by atoms with van der Waals surface area (Å²) in [4.78, 5) is 8.36. The molecule has 0 saturated heterocycles. The third-order valence-electron chi connectivity index (χ3n) is 3.02. The third-order valence-corrected chi connectivity index (χ3v) is 4.64. The Kier molecular flexibility index (Phi) is 4.13. The predicted octanol–water partition coefficient (Wildman–Crippen LogP) is 4.91. The van der Waals surface area contributed by atoms with Crippen LogP contribution in [0.25, 0.3) is 20.4 Å². The van der Waals surface area contributed by atoms with Crippen LogP contribution in [0.3, 0.4) is 0 Å². The second-order valence-electron chi connectivity index (χ2n) is 4.51. The quantitative estimate of drug-likeness (QED) is 0.501. The standard InChI is InChI=1S/C8H7NOS.C8H7NS/c1-10-6-2-3-8-7(4-6)9-5-11-8;1-6-2-3-8-7(4-6)9-5-10-8/h2-5H,1H3;2-5H,1H3. The maximum atomic E-state index is 5.06. The number of fused-ring (bicyclic) bond motifs is 2. The molecule has 21 heavy (non-hydrogen) atoms. The van der Waals surface area contributed by atoms with Crippen LogP contribution in [-0.4, -0.2) is 17.1 Å². The van der Waals surface area contributed by atoms with Crippen LogP contribution >= 0.6 is 22.7 Å². The van der Waals surface area contributed by atoms with Gasteiger partial charge in [-0.1, -0.05) is 6.07 Å². The average Bonchev–Trinajstić information content (AvgIpc) is 3.15. The van der Waals surface area contributed by atoms with E-state index >= 15 is 0 Å². The number of aromatic nitrogens is 2. The summed E-state index contributed by atoms with van der Waals surface area (Å²) in [5, 5.41) is 0. The predicted molar refractivity (Wildman–Crippen MR) is 90.5 cm³/mol. The maximum absolute atomic E-state index is 5.06. The van der Waals surface area contributed by atoms with Crippen LogP contribution in [0.5, 0.6) is 5.75 Å². The van der Waals surface area contributed by atoms with Crippen LogP contribution in [0.2, 0.25) is 0 Å². The monoisotopic (exact) mass is 314 g/mol. The van der Waals surface area contributed by atoms with Crippen molar-refractivity contribution in [2.24, 2.45) is 0 Å². The van der Waals surface area contributed by atoms with Gasteiger partial charge in [-0.25, -0.2) is 9.97 Å². The van der Waals surface area contributed by atoms with Gasteiger partial charge in [0.25, 0.3) is 0 Å². The van der Waals surface area contributed by atoms with Gasteiger partial charge in [-0.05, 0) is 36.8 Å². The molecule has 5 heteroatoms. The van der Waals surface area contributed by atoms with E-state index in [4.69, 9.17) is 4.74 Å². The van der Waals surface area contributed by atoms with Gasteiger partial charge in [0.05, 0.1) is 38.6 Å². The van der Waals surface area contributed by atoms with E-state index in [0.717, 1.165) is 16.8 Å². The first-order chi connectivity index (χ1) is 10.3. The SMILES string of the molecule is COc1ccc2scnc2c1.Cc1ccc2scnc2c1. The van der Waals surface area contributed by atoms with Gasteiger partial charge in [-0.2, -0.15) is 0 Å². The van der Waals surface area contributed by atoms with Crippen LogP contribution < -0.4 is 4.74 Å². The van der Waals surface area contributed by atoms with Crippen molar-refractivity contribution in [3.8, 4) is 5.75 Å². The van der Waals surface area contributed by atoms with E-state index in [1.54, 1.807) is 29.8 Å².